The van der Waals surface area contributed by atoms with Gasteiger partial charge in [0.25, 0.3) is 0 Å². The first-order valence-electron chi connectivity index (χ1n) is 5.31. The number of nitrogens with zero attached hydrogens (tertiary/aromatic N) is 2. The summed E-state index contributed by atoms with van der Waals surface area (Å²) in [6, 6.07) is 4.45. The molecule has 0 aromatic carbocycles. The van der Waals surface area contributed by atoms with Gasteiger partial charge >= 0.3 is 0 Å². The Bertz CT molecular complexity index is 356. The van der Waals surface area contributed by atoms with Crippen molar-refractivity contribution in [2.75, 3.05) is 6.54 Å². The molecule has 0 bridgehead atoms. The second kappa shape index (κ2) is 4.30. The lowest BCUT2D eigenvalue weighted by molar-refractivity contribution is 0.425. The van der Waals surface area contributed by atoms with E-state index in [1.165, 1.54) is 12.8 Å². The maximum atomic E-state index is 4.16. The molecule has 1 atom stereocenters. The highest BCUT2D eigenvalue weighted by molar-refractivity contribution is 5.62. The molecule has 1 aromatic rings. The molecule has 1 saturated heterocycles. The van der Waals surface area contributed by atoms with E-state index in [9.17, 15) is 0 Å². The van der Waals surface area contributed by atoms with E-state index in [-0.39, 0.29) is 0 Å². The third-order valence-electron chi connectivity index (χ3n) is 2.93. The van der Waals surface area contributed by atoms with Crippen LogP contribution in [0.3, 0.4) is 0 Å². The first-order chi connectivity index (χ1) is 7.33. The first-order valence-corrected chi connectivity index (χ1v) is 5.31. The SMILES string of the molecule is C=CC1CCCN1C(=C)c1ccncc1. The van der Waals surface area contributed by atoms with E-state index in [0.29, 0.717) is 6.04 Å². The average molecular weight is 200 g/mol. The maximum absolute atomic E-state index is 4.16. The minimum atomic E-state index is 0.450. The van der Waals surface area contributed by atoms with Gasteiger partial charge in [-0.25, -0.2) is 0 Å². The topological polar surface area (TPSA) is 16.1 Å². The van der Waals surface area contributed by atoms with Gasteiger partial charge in [0, 0.05) is 36.2 Å². The molecule has 2 heteroatoms. The van der Waals surface area contributed by atoms with E-state index in [0.717, 1.165) is 17.8 Å². The molecule has 15 heavy (non-hydrogen) atoms. The standard InChI is InChI=1S/C13H16N2/c1-3-13-5-4-10-15(13)11(2)12-6-8-14-9-7-12/h3,6-9,13H,1-2,4-5,10H2. The molecule has 1 fully saturated rings. The Morgan fingerprint density at radius 3 is 2.87 bits per heavy atom. The van der Waals surface area contributed by atoms with E-state index in [4.69, 9.17) is 0 Å². The molecule has 0 radical (unpaired) electrons. The van der Waals surface area contributed by atoms with Crippen molar-refractivity contribution in [2.45, 2.75) is 18.9 Å². The van der Waals surface area contributed by atoms with E-state index in [2.05, 4.69) is 23.0 Å². The van der Waals surface area contributed by atoms with Crippen LogP contribution >= 0.6 is 0 Å². The summed E-state index contributed by atoms with van der Waals surface area (Å²) in [4.78, 5) is 6.34. The zero-order valence-corrected chi connectivity index (χ0v) is 8.89. The number of hydrogen-bond acceptors (Lipinski definition) is 2. The summed E-state index contributed by atoms with van der Waals surface area (Å²) in [7, 11) is 0. The molecule has 0 spiro atoms. The lowest BCUT2D eigenvalue weighted by Gasteiger charge is -2.26. The smallest absolute Gasteiger partial charge is 0.0471 e. The molecule has 0 N–H and O–H groups in total. The van der Waals surface area contributed by atoms with Gasteiger partial charge in [0.2, 0.25) is 0 Å². The first kappa shape index (κ1) is 9.97. The molecule has 2 nitrogen and oxygen atoms in total. The van der Waals surface area contributed by atoms with Crippen molar-refractivity contribution in [3.63, 3.8) is 0 Å². The number of hydrogen-bond donors (Lipinski definition) is 0. The van der Waals surface area contributed by atoms with Crippen LogP contribution in [0.1, 0.15) is 18.4 Å². The summed E-state index contributed by atoms with van der Waals surface area (Å²) in [5.41, 5.74) is 2.23. The Morgan fingerprint density at radius 2 is 2.20 bits per heavy atom. The fraction of sp³-hybridized carbons (Fsp3) is 0.308. The van der Waals surface area contributed by atoms with Gasteiger partial charge in [0.1, 0.15) is 0 Å². The van der Waals surface area contributed by atoms with Gasteiger partial charge in [0.05, 0.1) is 0 Å². The molecule has 2 rings (SSSR count). The van der Waals surface area contributed by atoms with Crippen LogP contribution in [-0.4, -0.2) is 22.5 Å². The summed E-state index contributed by atoms with van der Waals surface area (Å²) in [5.74, 6) is 0. The van der Waals surface area contributed by atoms with Crippen LogP contribution in [0.15, 0.2) is 43.8 Å². The summed E-state index contributed by atoms with van der Waals surface area (Å²) >= 11 is 0. The van der Waals surface area contributed by atoms with Gasteiger partial charge in [-0.15, -0.1) is 6.58 Å². The monoisotopic (exact) mass is 200 g/mol. The zero-order valence-electron chi connectivity index (χ0n) is 8.89. The highest BCUT2D eigenvalue weighted by atomic mass is 15.2. The summed E-state index contributed by atoms with van der Waals surface area (Å²) in [6.45, 7) is 9.11. The van der Waals surface area contributed by atoms with Crippen molar-refractivity contribution in [3.05, 3.63) is 49.3 Å². The van der Waals surface area contributed by atoms with Crippen LogP contribution in [0, 0.1) is 0 Å². The van der Waals surface area contributed by atoms with E-state index in [1.807, 2.05) is 18.2 Å². The number of pyridine rings is 1. The van der Waals surface area contributed by atoms with Crippen molar-refractivity contribution in [2.24, 2.45) is 0 Å². The third-order valence-corrected chi connectivity index (χ3v) is 2.93. The van der Waals surface area contributed by atoms with E-state index < -0.39 is 0 Å². The highest BCUT2D eigenvalue weighted by Gasteiger charge is 2.23. The molecule has 0 saturated carbocycles. The van der Waals surface area contributed by atoms with Crippen molar-refractivity contribution >= 4 is 5.70 Å². The van der Waals surface area contributed by atoms with Gasteiger partial charge in [-0.2, -0.15) is 0 Å². The molecular formula is C13H16N2. The van der Waals surface area contributed by atoms with Gasteiger partial charge in [-0.1, -0.05) is 12.7 Å². The van der Waals surface area contributed by atoms with Crippen molar-refractivity contribution in [3.8, 4) is 0 Å². The predicted molar refractivity (Wildman–Crippen MR) is 63.2 cm³/mol. The van der Waals surface area contributed by atoms with Gasteiger partial charge in [-0.05, 0) is 25.0 Å². The van der Waals surface area contributed by atoms with Crippen molar-refractivity contribution < 1.29 is 0 Å². The average Bonchev–Trinajstić information content (AvgIpc) is 2.77. The van der Waals surface area contributed by atoms with Crippen LogP contribution < -0.4 is 0 Å². The Balaban J connectivity index is 2.18. The number of aromatic nitrogens is 1. The summed E-state index contributed by atoms with van der Waals surface area (Å²) < 4.78 is 0. The molecule has 1 unspecified atom stereocenters. The Morgan fingerprint density at radius 1 is 1.47 bits per heavy atom. The summed E-state index contributed by atoms with van der Waals surface area (Å²) in [5, 5.41) is 0. The van der Waals surface area contributed by atoms with E-state index >= 15 is 0 Å². The normalized spacial score (nSPS) is 20.3. The quantitative estimate of drug-likeness (QED) is 0.697. The van der Waals surface area contributed by atoms with Crippen LogP contribution in [-0.2, 0) is 0 Å². The summed E-state index contributed by atoms with van der Waals surface area (Å²) in [6.07, 6.45) is 8.03. The van der Waals surface area contributed by atoms with Crippen LogP contribution in [0.2, 0.25) is 0 Å². The molecule has 1 aromatic heterocycles. The fourth-order valence-corrected chi connectivity index (χ4v) is 2.08. The van der Waals surface area contributed by atoms with Crippen LogP contribution in [0.25, 0.3) is 5.70 Å². The van der Waals surface area contributed by atoms with Crippen LogP contribution in [0.4, 0.5) is 0 Å². The molecule has 0 amide bonds. The lowest BCUT2D eigenvalue weighted by atomic mass is 10.1. The third kappa shape index (κ3) is 1.94. The van der Waals surface area contributed by atoms with Gasteiger partial charge < -0.3 is 4.90 Å². The number of rotatable bonds is 3. The van der Waals surface area contributed by atoms with Crippen molar-refractivity contribution in [1.82, 2.24) is 9.88 Å². The molecule has 0 aliphatic carbocycles. The molecule has 78 valence electrons. The second-order valence-electron chi connectivity index (χ2n) is 3.82. The number of likely N-dealkylation sites (tertiary alicyclic amines) is 1. The Hall–Kier alpha value is -1.57. The molecule has 2 heterocycles. The van der Waals surface area contributed by atoms with E-state index in [1.54, 1.807) is 12.4 Å². The van der Waals surface area contributed by atoms with Gasteiger partial charge in [0.15, 0.2) is 0 Å². The lowest BCUT2D eigenvalue weighted by Crippen LogP contribution is -2.25. The largest absolute Gasteiger partial charge is 0.365 e. The zero-order chi connectivity index (χ0) is 10.7. The molecular weight excluding hydrogens is 184 g/mol. The Labute approximate surface area is 90.9 Å². The second-order valence-corrected chi connectivity index (χ2v) is 3.82. The minimum absolute atomic E-state index is 0.450. The van der Waals surface area contributed by atoms with Gasteiger partial charge in [-0.3, -0.25) is 4.98 Å². The molecule has 1 aliphatic heterocycles. The Kier molecular flexibility index (Phi) is 2.86. The van der Waals surface area contributed by atoms with Crippen molar-refractivity contribution in [1.29, 1.82) is 0 Å². The van der Waals surface area contributed by atoms with Crippen LogP contribution in [0.5, 0.6) is 0 Å². The highest BCUT2D eigenvalue weighted by Crippen LogP contribution is 2.27. The predicted octanol–water partition coefficient (Wildman–Crippen LogP) is 2.70. The molecule has 1 aliphatic rings. The minimum Gasteiger partial charge on any atom is -0.365 e. The fourth-order valence-electron chi connectivity index (χ4n) is 2.08. The maximum Gasteiger partial charge on any atom is 0.0471 e.